The molecule has 1 aromatic heterocycles. The Morgan fingerprint density at radius 1 is 1.10 bits per heavy atom. The molecule has 5 nitrogen and oxygen atoms in total. The van der Waals surface area contributed by atoms with Crippen LogP contribution in [0.1, 0.15) is 17.5 Å². The van der Waals surface area contributed by atoms with Crippen LogP contribution in [0.3, 0.4) is 0 Å². The second-order valence-corrected chi connectivity index (χ2v) is 8.12. The lowest BCUT2D eigenvalue weighted by Crippen LogP contribution is -2.37. The maximum absolute atomic E-state index is 13.2. The van der Waals surface area contributed by atoms with Crippen LogP contribution in [0.5, 0.6) is 0 Å². The summed E-state index contributed by atoms with van der Waals surface area (Å²) in [6.45, 7) is 3.98. The molecular weight excluding hydrogens is 399 g/mol. The number of nitrogens with one attached hydrogen (secondary N) is 2. The Morgan fingerprint density at radius 2 is 1.83 bits per heavy atom. The van der Waals surface area contributed by atoms with Gasteiger partial charge < -0.3 is 20.1 Å². The quantitative estimate of drug-likeness (QED) is 0.557. The van der Waals surface area contributed by atoms with Crippen molar-refractivity contribution in [2.75, 3.05) is 32.5 Å². The fraction of sp³-hybridized carbons (Fsp3) is 0.304. The molecule has 0 saturated carbocycles. The fourth-order valence-corrected chi connectivity index (χ4v) is 3.52. The molecule has 30 heavy (non-hydrogen) atoms. The van der Waals surface area contributed by atoms with Gasteiger partial charge in [-0.1, -0.05) is 12.1 Å². The summed E-state index contributed by atoms with van der Waals surface area (Å²) < 4.78 is 13.2. The largest absolute Gasteiger partial charge is 0.344 e. The Kier molecular flexibility index (Phi) is 7.18. The normalized spacial score (nSPS) is 11.1. The van der Waals surface area contributed by atoms with Gasteiger partial charge >= 0.3 is 0 Å². The van der Waals surface area contributed by atoms with Crippen LogP contribution in [0.2, 0.25) is 0 Å². The number of aryl methyl sites for hydroxylation is 1. The molecule has 1 heterocycles. The van der Waals surface area contributed by atoms with Crippen molar-refractivity contribution < 1.29 is 4.39 Å². The molecule has 0 aliphatic rings. The predicted octanol–water partition coefficient (Wildman–Crippen LogP) is 4.13. The lowest BCUT2D eigenvalue weighted by molar-refractivity contribution is 0.346. The van der Waals surface area contributed by atoms with Crippen LogP contribution < -0.4 is 10.9 Å². The van der Waals surface area contributed by atoms with Gasteiger partial charge in [0.2, 0.25) is 0 Å². The van der Waals surface area contributed by atoms with E-state index < -0.39 is 0 Å². The van der Waals surface area contributed by atoms with Crippen molar-refractivity contribution in [1.29, 1.82) is 0 Å². The average Bonchev–Trinajstić information content (AvgIpc) is 2.69. The van der Waals surface area contributed by atoms with Crippen LogP contribution in [-0.2, 0) is 6.54 Å². The lowest BCUT2D eigenvalue weighted by Gasteiger charge is -2.26. The number of hydrogen-bond acceptors (Lipinski definition) is 3. The molecule has 2 aromatic carbocycles. The van der Waals surface area contributed by atoms with Gasteiger partial charge in [0, 0.05) is 23.3 Å². The van der Waals surface area contributed by atoms with Crippen LogP contribution in [0, 0.1) is 12.7 Å². The van der Waals surface area contributed by atoms with Crippen LogP contribution >= 0.6 is 12.2 Å². The van der Waals surface area contributed by atoms with E-state index in [1.165, 1.54) is 12.1 Å². The third-order valence-electron chi connectivity index (χ3n) is 4.86. The molecule has 0 aliphatic heterocycles. The first-order chi connectivity index (χ1) is 14.3. The molecule has 0 fully saturated rings. The first-order valence-corrected chi connectivity index (χ1v) is 10.3. The fourth-order valence-electron chi connectivity index (χ4n) is 3.25. The van der Waals surface area contributed by atoms with Gasteiger partial charge in [0.05, 0.1) is 6.54 Å². The highest BCUT2D eigenvalue weighted by Gasteiger charge is 2.14. The minimum atomic E-state index is -0.299. The summed E-state index contributed by atoms with van der Waals surface area (Å²) in [4.78, 5) is 19.8. The SMILES string of the molecule is Cc1ccc2cc(CN(CCCN(C)C)C(=S)Nc3ccc(F)cc3)c(=O)[nH]c2c1. The molecule has 0 saturated heterocycles. The Labute approximate surface area is 181 Å². The number of thiocarbonyl (C=S) groups is 1. The minimum absolute atomic E-state index is 0.115. The Balaban J connectivity index is 1.82. The Morgan fingerprint density at radius 3 is 2.53 bits per heavy atom. The van der Waals surface area contributed by atoms with Crippen molar-refractivity contribution in [2.24, 2.45) is 0 Å². The summed E-state index contributed by atoms with van der Waals surface area (Å²) in [7, 11) is 4.05. The molecular formula is C23H27FN4OS. The summed E-state index contributed by atoms with van der Waals surface area (Å²) in [6.07, 6.45) is 0.892. The van der Waals surface area contributed by atoms with Crippen molar-refractivity contribution in [1.82, 2.24) is 14.8 Å². The number of pyridine rings is 1. The summed E-state index contributed by atoms with van der Waals surface area (Å²) >= 11 is 5.62. The summed E-state index contributed by atoms with van der Waals surface area (Å²) in [5.74, 6) is -0.299. The highest BCUT2D eigenvalue weighted by atomic mass is 32.1. The summed E-state index contributed by atoms with van der Waals surface area (Å²) in [5, 5.41) is 4.65. The minimum Gasteiger partial charge on any atom is -0.344 e. The molecule has 0 bridgehead atoms. The number of aromatic nitrogens is 1. The van der Waals surface area contributed by atoms with E-state index in [0.29, 0.717) is 29.5 Å². The molecule has 0 aliphatic carbocycles. The van der Waals surface area contributed by atoms with Crippen molar-refractivity contribution in [3.8, 4) is 0 Å². The van der Waals surface area contributed by atoms with Crippen LogP contribution in [-0.4, -0.2) is 47.1 Å². The van der Waals surface area contributed by atoms with Gasteiger partial charge in [0.15, 0.2) is 5.11 Å². The lowest BCUT2D eigenvalue weighted by atomic mass is 10.1. The third kappa shape index (κ3) is 5.87. The Bertz CT molecular complexity index is 1080. The molecule has 2 N–H and O–H groups in total. The van der Waals surface area contributed by atoms with Gasteiger partial charge in [-0.15, -0.1) is 0 Å². The summed E-state index contributed by atoms with van der Waals surface area (Å²) in [6, 6.07) is 14.0. The first kappa shape index (κ1) is 21.9. The zero-order valence-corrected chi connectivity index (χ0v) is 18.4. The van der Waals surface area contributed by atoms with E-state index in [0.717, 1.165) is 29.4 Å². The van der Waals surface area contributed by atoms with Crippen LogP contribution in [0.4, 0.5) is 10.1 Å². The second-order valence-electron chi connectivity index (χ2n) is 7.73. The zero-order valence-electron chi connectivity index (χ0n) is 17.5. The molecule has 158 valence electrons. The van der Waals surface area contributed by atoms with E-state index in [-0.39, 0.29) is 11.4 Å². The van der Waals surface area contributed by atoms with Gasteiger partial charge in [0.25, 0.3) is 5.56 Å². The van der Waals surface area contributed by atoms with E-state index in [1.807, 2.05) is 50.2 Å². The van der Waals surface area contributed by atoms with Crippen LogP contribution in [0.25, 0.3) is 10.9 Å². The number of rotatable bonds is 7. The molecule has 0 unspecified atom stereocenters. The number of nitrogens with zero attached hydrogens (tertiary/aromatic N) is 2. The molecule has 3 aromatic rings. The third-order valence-corrected chi connectivity index (χ3v) is 5.22. The second kappa shape index (κ2) is 9.82. The highest BCUT2D eigenvalue weighted by molar-refractivity contribution is 7.80. The number of fused-ring (bicyclic) bond motifs is 1. The van der Waals surface area contributed by atoms with Crippen molar-refractivity contribution in [3.63, 3.8) is 0 Å². The van der Waals surface area contributed by atoms with E-state index >= 15 is 0 Å². The standard InChI is InChI=1S/C23H27FN4OS/c1-16-5-6-17-14-18(22(29)26-21(17)13-16)15-28(12-4-11-27(2)3)23(30)25-20-9-7-19(24)8-10-20/h5-10,13-14H,4,11-12,15H2,1-3H3,(H,25,30)(H,26,29). The number of anilines is 1. The predicted molar refractivity (Wildman–Crippen MR) is 126 cm³/mol. The molecule has 0 atom stereocenters. The van der Waals surface area contributed by atoms with E-state index in [9.17, 15) is 9.18 Å². The number of halogens is 1. The average molecular weight is 427 g/mol. The number of aromatic amines is 1. The van der Waals surface area contributed by atoms with Gasteiger partial charge in [-0.25, -0.2) is 4.39 Å². The highest BCUT2D eigenvalue weighted by Crippen LogP contribution is 2.15. The summed E-state index contributed by atoms with van der Waals surface area (Å²) in [5.41, 5.74) is 3.17. The maximum Gasteiger partial charge on any atom is 0.253 e. The molecule has 0 amide bonds. The smallest absolute Gasteiger partial charge is 0.253 e. The monoisotopic (exact) mass is 426 g/mol. The number of hydrogen-bond donors (Lipinski definition) is 2. The van der Waals surface area contributed by atoms with Crippen molar-refractivity contribution in [3.05, 3.63) is 75.8 Å². The Hall–Kier alpha value is -2.77. The van der Waals surface area contributed by atoms with E-state index in [4.69, 9.17) is 12.2 Å². The van der Waals surface area contributed by atoms with Gasteiger partial charge in [-0.05, 0) is 93.6 Å². The van der Waals surface area contributed by atoms with Crippen LogP contribution in [0.15, 0.2) is 53.3 Å². The van der Waals surface area contributed by atoms with Gasteiger partial charge in [0.1, 0.15) is 5.82 Å². The van der Waals surface area contributed by atoms with Crippen molar-refractivity contribution in [2.45, 2.75) is 19.9 Å². The number of benzene rings is 2. The molecule has 0 spiro atoms. The maximum atomic E-state index is 13.2. The van der Waals surface area contributed by atoms with Gasteiger partial charge in [-0.3, -0.25) is 4.79 Å². The van der Waals surface area contributed by atoms with E-state index in [2.05, 4.69) is 15.2 Å². The van der Waals surface area contributed by atoms with Crippen molar-refractivity contribution >= 4 is 33.9 Å². The molecule has 3 rings (SSSR count). The first-order valence-electron chi connectivity index (χ1n) is 9.90. The van der Waals surface area contributed by atoms with E-state index in [1.54, 1.807) is 12.1 Å². The number of H-pyrrole nitrogens is 1. The molecule has 7 heteroatoms. The molecule has 0 radical (unpaired) electrons. The van der Waals surface area contributed by atoms with Gasteiger partial charge in [-0.2, -0.15) is 0 Å². The zero-order chi connectivity index (χ0) is 21.7. The topological polar surface area (TPSA) is 51.4 Å².